The summed E-state index contributed by atoms with van der Waals surface area (Å²) in [6, 6.07) is 10.0. The van der Waals surface area contributed by atoms with Gasteiger partial charge < -0.3 is 5.11 Å². The van der Waals surface area contributed by atoms with Crippen molar-refractivity contribution in [1.29, 1.82) is 5.26 Å². The Morgan fingerprint density at radius 3 is 2.67 bits per heavy atom. The molecule has 0 aliphatic heterocycles. The van der Waals surface area contributed by atoms with Gasteiger partial charge in [-0.25, -0.2) is 0 Å². The van der Waals surface area contributed by atoms with Crippen LogP contribution in [0.1, 0.15) is 42.9 Å². The minimum Gasteiger partial charge on any atom is -0.387 e. The van der Waals surface area contributed by atoms with Gasteiger partial charge in [0.15, 0.2) is 0 Å². The predicted octanol–water partition coefficient (Wildman–Crippen LogP) is 2.76. The first kappa shape index (κ1) is 10.2. The van der Waals surface area contributed by atoms with E-state index in [4.69, 9.17) is 5.26 Å². The molecule has 0 radical (unpaired) electrons. The Morgan fingerprint density at radius 2 is 2.07 bits per heavy atom. The average molecular weight is 201 g/mol. The molecule has 0 saturated heterocycles. The number of rotatable bonds is 3. The minimum absolute atomic E-state index is 0.343. The number of hydrogen-bond acceptors (Lipinski definition) is 2. The van der Waals surface area contributed by atoms with Gasteiger partial charge >= 0.3 is 0 Å². The van der Waals surface area contributed by atoms with E-state index in [9.17, 15) is 5.11 Å². The van der Waals surface area contributed by atoms with Crippen LogP contribution < -0.4 is 0 Å². The lowest BCUT2D eigenvalue weighted by Gasteiger charge is -2.16. The highest BCUT2D eigenvalue weighted by molar-refractivity contribution is 5.35. The predicted molar refractivity (Wildman–Crippen MR) is 58.2 cm³/mol. The summed E-state index contributed by atoms with van der Waals surface area (Å²) in [5.74, 6) is 0.270. The Morgan fingerprint density at radius 1 is 1.40 bits per heavy atom. The van der Waals surface area contributed by atoms with Crippen LogP contribution in [0.25, 0.3) is 0 Å². The number of hydrogen-bond donors (Lipinski definition) is 1. The SMILES string of the molecule is CC(C#N)C(O)c1ccccc1C1CC1. The van der Waals surface area contributed by atoms with Gasteiger partial charge in [-0.15, -0.1) is 0 Å². The molecular formula is C13H15NO. The zero-order valence-corrected chi connectivity index (χ0v) is 8.85. The lowest BCUT2D eigenvalue weighted by molar-refractivity contribution is 0.142. The number of aliphatic hydroxyl groups is 1. The molecule has 1 saturated carbocycles. The maximum absolute atomic E-state index is 10.0. The van der Waals surface area contributed by atoms with Crippen LogP contribution in [0.15, 0.2) is 24.3 Å². The summed E-state index contributed by atoms with van der Waals surface area (Å²) in [6.45, 7) is 1.76. The van der Waals surface area contributed by atoms with Crippen LogP contribution in [0.4, 0.5) is 0 Å². The van der Waals surface area contributed by atoms with E-state index in [0.29, 0.717) is 5.92 Å². The van der Waals surface area contributed by atoms with Gasteiger partial charge in [0, 0.05) is 0 Å². The fourth-order valence-corrected chi connectivity index (χ4v) is 1.89. The molecular weight excluding hydrogens is 186 g/mol. The van der Waals surface area contributed by atoms with Crippen molar-refractivity contribution in [3.63, 3.8) is 0 Å². The van der Waals surface area contributed by atoms with E-state index >= 15 is 0 Å². The normalized spacial score (nSPS) is 19.3. The van der Waals surface area contributed by atoms with Crippen molar-refractivity contribution < 1.29 is 5.11 Å². The van der Waals surface area contributed by atoms with Crippen molar-refractivity contribution in [2.45, 2.75) is 31.8 Å². The van der Waals surface area contributed by atoms with Gasteiger partial charge in [-0.05, 0) is 36.8 Å². The van der Waals surface area contributed by atoms with Crippen LogP contribution in [0.3, 0.4) is 0 Å². The second-order valence-corrected chi connectivity index (χ2v) is 4.27. The molecule has 0 aromatic heterocycles. The Balaban J connectivity index is 2.30. The molecule has 2 nitrogen and oxygen atoms in total. The summed E-state index contributed by atoms with van der Waals surface area (Å²) in [5.41, 5.74) is 2.17. The fraction of sp³-hybridized carbons (Fsp3) is 0.462. The van der Waals surface area contributed by atoms with Gasteiger partial charge in [-0.2, -0.15) is 5.26 Å². The van der Waals surface area contributed by atoms with E-state index in [0.717, 1.165) is 5.56 Å². The second kappa shape index (κ2) is 4.04. The summed E-state index contributed by atoms with van der Waals surface area (Å²) in [4.78, 5) is 0. The summed E-state index contributed by atoms with van der Waals surface area (Å²) >= 11 is 0. The Hall–Kier alpha value is -1.33. The summed E-state index contributed by atoms with van der Waals surface area (Å²) in [7, 11) is 0. The zero-order chi connectivity index (χ0) is 10.8. The largest absolute Gasteiger partial charge is 0.387 e. The van der Waals surface area contributed by atoms with Crippen molar-refractivity contribution in [1.82, 2.24) is 0 Å². The van der Waals surface area contributed by atoms with Crippen molar-refractivity contribution >= 4 is 0 Å². The molecule has 1 aromatic carbocycles. The van der Waals surface area contributed by atoms with Gasteiger partial charge in [-0.3, -0.25) is 0 Å². The molecule has 1 fully saturated rings. The molecule has 2 rings (SSSR count). The molecule has 1 N–H and O–H groups in total. The molecule has 0 bridgehead atoms. The number of nitrogens with zero attached hydrogens (tertiary/aromatic N) is 1. The summed E-state index contributed by atoms with van der Waals surface area (Å²) < 4.78 is 0. The third kappa shape index (κ3) is 2.03. The van der Waals surface area contributed by atoms with E-state index in [1.807, 2.05) is 18.2 Å². The molecule has 15 heavy (non-hydrogen) atoms. The van der Waals surface area contributed by atoms with Crippen molar-refractivity contribution in [3.8, 4) is 6.07 Å². The third-order valence-corrected chi connectivity index (χ3v) is 3.01. The first-order valence-electron chi connectivity index (χ1n) is 5.40. The molecule has 78 valence electrons. The monoisotopic (exact) mass is 201 g/mol. The standard InChI is InChI=1S/C13H15NO/c1-9(8-14)13(15)12-5-3-2-4-11(12)10-6-7-10/h2-5,9-10,13,15H,6-7H2,1H3. The molecule has 1 aliphatic carbocycles. The van der Waals surface area contributed by atoms with Gasteiger partial charge in [0.2, 0.25) is 0 Å². The van der Waals surface area contributed by atoms with Crippen LogP contribution in [-0.2, 0) is 0 Å². The highest BCUT2D eigenvalue weighted by Gasteiger charge is 2.28. The maximum Gasteiger partial charge on any atom is 0.0948 e. The summed E-state index contributed by atoms with van der Waals surface area (Å²) in [6.07, 6.45) is 1.78. The zero-order valence-electron chi connectivity index (χ0n) is 8.85. The van der Waals surface area contributed by atoms with Crippen molar-refractivity contribution in [2.75, 3.05) is 0 Å². The lowest BCUT2D eigenvalue weighted by atomic mass is 9.92. The molecule has 0 amide bonds. The van der Waals surface area contributed by atoms with Crippen molar-refractivity contribution in [3.05, 3.63) is 35.4 Å². The van der Waals surface area contributed by atoms with Gasteiger partial charge in [-0.1, -0.05) is 24.3 Å². The van der Waals surface area contributed by atoms with Gasteiger partial charge in [0.25, 0.3) is 0 Å². The van der Waals surface area contributed by atoms with Crippen LogP contribution in [-0.4, -0.2) is 5.11 Å². The van der Waals surface area contributed by atoms with Gasteiger partial charge in [0.1, 0.15) is 0 Å². The number of nitriles is 1. The Kier molecular flexibility index (Phi) is 2.75. The first-order valence-corrected chi connectivity index (χ1v) is 5.40. The smallest absolute Gasteiger partial charge is 0.0948 e. The molecule has 2 heteroatoms. The molecule has 0 spiro atoms. The maximum atomic E-state index is 10.0. The van der Waals surface area contributed by atoms with Crippen LogP contribution >= 0.6 is 0 Å². The van der Waals surface area contributed by atoms with Crippen molar-refractivity contribution in [2.24, 2.45) is 5.92 Å². The highest BCUT2D eigenvalue weighted by atomic mass is 16.3. The molecule has 2 atom stereocenters. The topological polar surface area (TPSA) is 44.0 Å². The second-order valence-electron chi connectivity index (χ2n) is 4.27. The lowest BCUT2D eigenvalue weighted by Crippen LogP contribution is -2.09. The molecule has 1 aromatic rings. The number of aliphatic hydroxyl groups excluding tert-OH is 1. The number of benzene rings is 1. The summed E-state index contributed by atoms with van der Waals surface area (Å²) in [5, 5.41) is 18.8. The first-order chi connectivity index (χ1) is 7.24. The molecule has 0 heterocycles. The van der Waals surface area contributed by atoms with Gasteiger partial charge in [0.05, 0.1) is 18.1 Å². The minimum atomic E-state index is -0.646. The molecule has 2 unspecified atom stereocenters. The van der Waals surface area contributed by atoms with E-state index in [1.54, 1.807) is 6.92 Å². The third-order valence-electron chi connectivity index (χ3n) is 3.01. The quantitative estimate of drug-likeness (QED) is 0.817. The van der Waals surface area contributed by atoms with Crippen LogP contribution in [0.5, 0.6) is 0 Å². The van der Waals surface area contributed by atoms with E-state index in [2.05, 4.69) is 12.1 Å². The van der Waals surface area contributed by atoms with E-state index < -0.39 is 6.10 Å². The molecule has 1 aliphatic rings. The van der Waals surface area contributed by atoms with Crippen LogP contribution in [0, 0.1) is 17.2 Å². The van der Waals surface area contributed by atoms with E-state index in [-0.39, 0.29) is 5.92 Å². The Bertz CT molecular complexity index is 390. The van der Waals surface area contributed by atoms with E-state index in [1.165, 1.54) is 18.4 Å². The van der Waals surface area contributed by atoms with Crippen LogP contribution in [0.2, 0.25) is 0 Å². The fourth-order valence-electron chi connectivity index (χ4n) is 1.89. The Labute approximate surface area is 90.2 Å². The highest BCUT2D eigenvalue weighted by Crippen LogP contribution is 2.43. The average Bonchev–Trinajstić information content (AvgIpc) is 3.11.